The van der Waals surface area contributed by atoms with Crippen LogP contribution in [0.25, 0.3) is 0 Å². The molecule has 3 nitrogen and oxygen atoms in total. The summed E-state index contributed by atoms with van der Waals surface area (Å²) in [6.07, 6.45) is 3.47. The standard InChI is InChI=1S/C7H15NO2/c1-7(2)10-6-4-3-5-8-9/h5,7,9H,3-4,6H2,1-2H3/b8-5+. The van der Waals surface area contributed by atoms with E-state index >= 15 is 0 Å². The van der Waals surface area contributed by atoms with Gasteiger partial charge in [0.2, 0.25) is 0 Å². The Labute approximate surface area is 61.7 Å². The van der Waals surface area contributed by atoms with Crippen LogP contribution >= 0.6 is 0 Å². The summed E-state index contributed by atoms with van der Waals surface area (Å²) >= 11 is 0. The molecule has 0 aromatic heterocycles. The Hall–Kier alpha value is -0.570. The van der Waals surface area contributed by atoms with E-state index in [1.807, 2.05) is 13.8 Å². The molecule has 0 amide bonds. The third-order valence-corrected chi connectivity index (χ3v) is 1.01. The molecule has 0 saturated carbocycles. The maximum absolute atomic E-state index is 8.00. The lowest BCUT2D eigenvalue weighted by Gasteiger charge is -2.04. The topological polar surface area (TPSA) is 41.8 Å². The van der Waals surface area contributed by atoms with Gasteiger partial charge in [-0.3, -0.25) is 0 Å². The number of nitrogens with zero attached hydrogens (tertiary/aromatic N) is 1. The third-order valence-electron chi connectivity index (χ3n) is 1.01. The summed E-state index contributed by atoms with van der Waals surface area (Å²) in [5.74, 6) is 0. The lowest BCUT2D eigenvalue weighted by molar-refractivity contribution is 0.0781. The molecule has 0 rings (SSSR count). The number of unbranched alkanes of at least 4 members (excludes halogenated alkanes) is 1. The Morgan fingerprint density at radius 3 is 2.80 bits per heavy atom. The molecular weight excluding hydrogens is 130 g/mol. The Bertz CT molecular complexity index is 91.6. The number of oxime groups is 1. The lowest BCUT2D eigenvalue weighted by atomic mass is 10.3. The van der Waals surface area contributed by atoms with Crippen molar-refractivity contribution in [2.24, 2.45) is 5.16 Å². The molecule has 0 aliphatic carbocycles. The van der Waals surface area contributed by atoms with Crippen LogP contribution in [-0.2, 0) is 4.74 Å². The zero-order chi connectivity index (χ0) is 7.82. The van der Waals surface area contributed by atoms with Gasteiger partial charge in [-0.15, -0.1) is 5.16 Å². The van der Waals surface area contributed by atoms with Crippen LogP contribution in [0.4, 0.5) is 0 Å². The fraction of sp³-hybridized carbons (Fsp3) is 0.857. The van der Waals surface area contributed by atoms with E-state index in [-0.39, 0.29) is 0 Å². The summed E-state index contributed by atoms with van der Waals surface area (Å²) in [4.78, 5) is 0. The summed E-state index contributed by atoms with van der Waals surface area (Å²) in [7, 11) is 0. The quantitative estimate of drug-likeness (QED) is 0.276. The van der Waals surface area contributed by atoms with Crippen LogP contribution in [0, 0.1) is 0 Å². The Balaban J connectivity index is 2.91. The zero-order valence-corrected chi connectivity index (χ0v) is 6.58. The molecule has 0 aliphatic rings. The number of hydrogen-bond donors (Lipinski definition) is 1. The molecule has 0 fully saturated rings. The summed E-state index contributed by atoms with van der Waals surface area (Å²) in [5, 5.41) is 10.9. The van der Waals surface area contributed by atoms with E-state index in [0.717, 1.165) is 19.4 Å². The maximum atomic E-state index is 8.00. The Morgan fingerprint density at radius 1 is 1.60 bits per heavy atom. The highest BCUT2D eigenvalue weighted by Crippen LogP contribution is 1.91. The van der Waals surface area contributed by atoms with Crippen LogP contribution < -0.4 is 0 Å². The van der Waals surface area contributed by atoms with Crippen molar-refractivity contribution in [1.29, 1.82) is 0 Å². The Kier molecular flexibility index (Phi) is 6.18. The van der Waals surface area contributed by atoms with E-state index in [1.165, 1.54) is 6.21 Å². The monoisotopic (exact) mass is 145 g/mol. The van der Waals surface area contributed by atoms with Crippen molar-refractivity contribution in [2.45, 2.75) is 32.8 Å². The van der Waals surface area contributed by atoms with Crippen molar-refractivity contribution < 1.29 is 9.94 Å². The van der Waals surface area contributed by atoms with Crippen molar-refractivity contribution >= 4 is 6.21 Å². The minimum absolute atomic E-state index is 0.297. The van der Waals surface area contributed by atoms with E-state index < -0.39 is 0 Å². The van der Waals surface area contributed by atoms with Gasteiger partial charge >= 0.3 is 0 Å². The second-order valence-corrected chi connectivity index (χ2v) is 2.36. The molecule has 0 aromatic rings. The van der Waals surface area contributed by atoms with Crippen molar-refractivity contribution in [2.75, 3.05) is 6.61 Å². The molecule has 60 valence electrons. The molecular formula is C7H15NO2. The second-order valence-electron chi connectivity index (χ2n) is 2.36. The van der Waals surface area contributed by atoms with E-state index in [1.54, 1.807) is 0 Å². The van der Waals surface area contributed by atoms with E-state index in [9.17, 15) is 0 Å². The molecule has 0 radical (unpaired) electrons. The predicted octanol–water partition coefficient (Wildman–Crippen LogP) is 1.65. The van der Waals surface area contributed by atoms with Gasteiger partial charge < -0.3 is 9.94 Å². The van der Waals surface area contributed by atoms with Gasteiger partial charge in [0.15, 0.2) is 0 Å². The fourth-order valence-electron chi connectivity index (χ4n) is 0.551. The molecule has 0 saturated heterocycles. The summed E-state index contributed by atoms with van der Waals surface area (Å²) in [6, 6.07) is 0. The van der Waals surface area contributed by atoms with Crippen LogP contribution in [0.1, 0.15) is 26.7 Å². The van der Waals surface area contributed by atoms with Gasteiger partial charge in [-0.25, -0.2) is 0 Å². The molecule has 0 atom stereocenters. The van der Waals surface area contributed by atoms with Crippen LogP contribution in [0.3, 0.4) is 0 Å². The largest absolute Gasteiger partial charge is 0.411 e. The molecule has 0 spiro atoms. The highest BCUT2D eigenvalue weighted by Gasteiger charge is 1.90. The molecule has 0 aliphatic heterocycles. The van der Waals surface area contributed by atoms with Crippen LogP contribution in [0.2, 0.25) is 0 Å². The van der Waals surface area contributed by atoms with Crippen LogP contribution in [0.5, 0.6) is 0 Å². The third kappa shape index (κ3) is 7.43. The molecule has 0 bridgehead atoms. The maximum Gasteiger partial charge on any atom is 0.0518 e. The average molecular weight is 145 g/mol. The molecule has 0 unspecified atom stereocenters. The number of hydrogen-bond acceptors (Lipinski definition) is 3. The average Bonchev–Trinajstić information content (AvgIpc) is 1.87. The lowest BCUT2D eigenvalue weighted by Crippen LogP contribution is -2.03. The van der Waals surface area contributed by atoms with Crippen molar-refractivity contribution in [3.05, 3.63) is 0 Å². The van der Waals surface area contributed by atoms with Gasteiger partial charge in [-0.2, -0.15) is 0 Å². The number of ether oxygens (including phenoxy) is 1. The first-order chi connectivity index (χ1) is 4.77. The fourth-order valence-corrected chi connectivity index (χ4v) is 0.551. The minimum atomic E-state index is 0.297. The highest BCUT2D eigenvalue weighted by atomic mass is 16.5. The Morgan fingerprint density at radius 2 is 2.30 bits per heavy atom. The summed E-state index contributed by atoms with van der Waals surface area (Å²) in [6.45, 7) is 4.74. The summed E-state index contributed by atoms with van der Waals surface area (Å²) < 4.78 is 5.25. The van der Waals surface area contributed by atoms with Crippen molar-refractivity contribution in [3.63, 3.8) is 0 Å². The SMILES string of the molecule is CC(C)OCCC/C=N/O. The van der Waals surface area contributed by atoms with Crippen molar-refractivity contribution in [1.82, 2.24) is 0 Å². The van der Waals surface area contributed by atoms with Gasteiger partial charge in [0.05, 0.1) is 6.10 Å². The zero-order valence-electron chi connectivity index (χ0n) is 6.58. The smallest absolute Gasteiger partial charge is 0.0518 e. The minimum Gasteiger partial charge on any atom is -0.411 e. The van der Waals surface area contributed by atoms with Gasteiger partial charge in [0, 0.05) is 12.8 Å². The van der Waals surface area contributed by atoms with E-state index in [0.29, 0.717) is 6.10 Å². The molecule has 3 heteroatoms. The van der Waals surface area contributed by atoms with Crippen molar-refractivity contribution in [3.8, 4) is 0 Å². The van der Waals surface area contributed by atoms with Gasteiger partial charge in [0.25, 0.3) is 0 Å². The highest BCUT2D eigenvalue weighted by molar-refractivity contribution is 5.55. The number of rotatable bonds is 5. The molecule has 10 heavy (non-hydrogen) atoms. The molecule has 0 aromatic carbocycles. The van der Waals surface area contributed by atoms with Gasteiger partial charge in [-0.05, 0) is 26.7 Å². The summed E-state index contributed by atoms with van der Waals surface area (Å²) in [5.41, 5.74) is 0. The first kappa shape index (κ1) is 9.43. The predicted molar refractivity (Wildman–Crippen MR) is 40.6 cm³/mol. The van der Waals surface area contributed by atoms with Crippen LogP contribution in [0.15, 0.2) is 5.16 Å². The molecule has 1 N–H and O–H groups in total. The first-order valence-electron chi connectivity index (χ1n) is 3.55. The van der Waals surface area contributed by atoms with Gasteiger partial charge in [0.1, 0.15) is 0 Å². The van der Waals surface area contributed by atoms with E-state index in [2.05, 4.69) is 5.16 Å². The normalized spacial score (nSPS) is 11.5. The van der Waals surface area contributed by atoms with Crippen LogP contribution in [-0.4, -0.2) is 24.1 Å². The first-order valence-corrected chi connectivity index (χ1v) is 3.55. The van der Waals surface area contributed by atoms with E-state index in [4.69, 9.17) is 9.94 Å². The second kappa shape index (κ2) is 6.55. The molecule has 0 heterocycles. The van der Waals surface area contributed by atoms with Gasteiger partial charge in [-0.1, -0.05) is 0 Å².